The van der Waals surface area contributed by atoms with E-state index in [-0.39, 0.29) is 17.0 Å². The zero-order valence-corrected chi connectivity index (χ0v) is 18.6. The number of hydrogen-bond acceptors (Lipinski definition) is 6. The van der Waals surface area contributed by atoms with E-state index in [4.69, 9.17) is 4.74 Å². The van der Waals surface area contributed by atoms with E-state index in [1.807, 2.05) is 30.3 Å². The number of nitrogens with zero attached hydrogens (tertiary/aromatic N) is 1. The third-order valence-electron chi connectivity index (χ3n) is 5.49. The largest absolute Gasteiger partial charge is 0.506 e. The Bertz CT molecular complexity index is 1400. The van der Waals surface area contributed by atoms with Crippen LogP contribution in [-0.2, 0) is 4.79 Å². The van der Waals surface area contributed by atoms with Crippen molar-refractivity contribution in [2.45, 2.75) is 6.04 Å². The topological polar surface area (TPSA) is 87.1 Å². The number of carbonyl (C=O) groups excluding carboxylic acids is 2. The number of thiophene rings is 1. The molecule has 7 heteroatoms. The zero-order chi connectivity index (χ0) is 23.7. The Morgan fingerprint density at radius 3 is 2.32 bits per heavy atom. The molecule has 1 atom stereocenters. The van der Waals surface area contributed by atoms with Gasteiger partial charge in [-0.15, -0.1) is 11.3 Å². The van der Waals surface area contributed by atoms with Gasteiger partial charge in [0.15, 0.2) is 5.76 Å². The fourth-order valence-corrected chi connectivity index (χ4v) is 4.66. The number of aliphatic hydroxyl groups is 1. The maximum Gasteiger partial charge on any atom is 0.294 e. The summed E-state index contributed by atoms with van der Waals surface area (Å²) in [6.07, 6.45) is 0. The Hall–Kier alpha value is -4.36. The number of carbonyl (C=O) groups is 2. The molecule has 4 aromatic rings. The summed E-state index contributed by atoms with van der Waals surface area (Å²) in [5, 5.41) is 23.1. The fourth-order valence-electron chi connectivity index (χ4n) is 3.98. The summed E-state index contributed by atoms with van der Waals surface area (Å²) in [5.74, 6) is -0.856. The number of para-hydroxylation sites is 3. The van der Waals surface area contributed by atoms with Crippen LogP contribution < -0.4 is 9.64 Å². The van der Waals surface area contributed by atoms with Crippen molar-refractivity contribution in [2.24, 2.45) is 0 Å². The number of amides is 1. The molecule has 1 amide bonds. The minimum atomic E-state index is -0.963. The second-order valence-electron chi connectivity index (χ2n) is 7.62. The third-order valence-corrected chi connectivity index (χ3v) is 6.36. The van der Waals surface area contributed by atoms with Crippen LogP contribution in [0.4, 0.5) is 5.69 Å². The molecule has 0 spiro atoms. The molecule has 0 saturated carbocycles. The molecular formula is C27H19NO5S. The second-order valence-corrected chi connectivity index (χ2v) is 8.57. The van der Waals surface area contributed by atoms with Gasteiger partial charge >= 0.3 is 0 Å². The zero-order valence-electron chi connectivity index (χ0n) is 17.8. The molecule has 1 aliphatic heterocycles. The number of ether oxygens (including phenoxy) is 1. The van der Waals surface area contributed by atoms with E-state index in [1.165, 1.54) is 22.3 Å². The van der Waals surface area contributed by atoms with E-state index in [2.05, 4.69) is 0 Å². The highest BCUT2D eigenvalue weighted by molar-refractivity contribution is 7.12. The number of phenols is 1. The molecule has 1 aromatic heterocycles. The van der Waals surface area contributed by atoms with Crippen molar-refractivity contribution in [1.29, 1.82) is 0 Å². The van der Waals surface area contributed by atoms with E-state index >= 15 is 0 Å². The number of aromatic hydroxyl groups is 1. The molecule has 0 fully saturated rings. The first-order valence-electron chi connectivity index (χ1n) is 10.5. The van der Waals surface area contributed by atoms with Crippen molar-refractivity contribution in [2.75, 3.05) is 4.90 Å². The van der Waals surface area contributed by atoms with Crippen LogP contribution in [0.5, 0.6) is 17.2 Å². The average molecular weight is 470 g/mol. The van der Waals surface area contributed by atoms with E-state index in [9.17, 15) is 19.8 Å². The lowest BCUT2D eigenvalue weighted by atomic mass is 9.95. The highest BCUT2D eigenvalue weighted by Crippen LogP contribution is 2.45. The van der Waals surface area contributed by atoms with Crippen molar-refractivity contribution in [3.05, 3.63) is 118 Å². The summed E-state index contributed by atoms with van der Waals surface area (Å²) in [7, 11) is 0. The lowest BCUT2D eigenvalue weighted by molar-refractivity contribution is -0.117. The second kappa shape index (κ2) is 8.88. The molecule has 6 nitrogen and oxygen atoms in total. The number of rotatable bonds is 6. The van der Waals surface area contributed by atoms with Gasteiger partial charge in [0.05, 0.1) is 22.2 Å². The fraction of sp³-hybridized carbons (Fsp3) is 0.0370. The normalized spacial score (nSPS) is 15.6. The number of benzene rings is 3. The number of hydrogen-bond donors (Lipinski definition) is 2. The van der Waals surface area contributed by atoms with Crippen molar-refractivity contribution < 1.29 is 24.5 Å². The molecule has 3 aromatic carbocycles. The van der Waals surface area contributed by atoms with Crippen LogP contribution in [0.15, 0.2) is 108 Å². The first kappa shape index (κ1) is 21.5. The molecular weight excluding hydrogens is 450 g/mol. The number of ketones is 1. The Labute approximate surface area is 199 Å². The summed E-state index contributed by atoms with van der Waals surface area (Å²) >= 11 is 1.22. The first-order chi connectivity index (χ1) is 16.5. The number of Topliss-reactive ketones (excluding diaryl/α,β-unsaturated/α-hetero) is 1. The molecule has 0 radical (unpaired) electrons. The molecule has 0 aliphatic carbocycles. The van der Waals surface area contributed by atoms with Crippen LogP contribution in [0.2, 0.25) is 0 Å². The molecule has 5 rings (SSSR count). The molecule has 1 unspecified atom stereocenters. The third kappa shape index (κ3) is 3.82. The van der Waals surface area contributed by atoms with Crippen LogP contribution in [0.1, 0.15) is 21.3 Å². The Kier molecular flexibility index (Phi) is 5.61. The van der Waals surface area contributed by atoms with E-state index in [0.717, 1.165) is 0 Å². The van der Waals surface area contributed by atoms with Crippen molar-refractivity contribution in [1.82, 2.24) is 0 Å². The summed E-state index contributed by atoms with van der Waals surface area (Å²) < 4.78 is 5.95. The van der Waals surface area contributed by atoms with Crippen molar-refractivity contribution >= 4 is 28.7 Å². The molecule has 168 valence electrons. The minimum absolute atomic E-state index is 0.0486. The van der Waals surface area contributed by atoms with Gasteiger partial charge < -0.3 is 14.9 Å². The predicted octanol–water partition coefficient (Wildman–Crippen LogP) is 6.03. The van der Waals surface area contributed by atoms with Gasteiger partial charge in [-0.3, -0.25) is 14.5 Å². The SMILES string of the molecule is O=C(C1=C(O)C(=O)N(c2ccccc2O)C1c1cccc(Oc2ccccc2)c1)c1cccs1. The molecule has 0 saturated heterocycles. The van der Waals surface area contributed by atoms with Gasteiger partial charge in [0.2, 0.25) is 5.78 Å². The average Bonchev–Trinajstić information content (AvgIpc) is 3.48. The molecule has 0 bridgehead atoms. The first-order valence-corrected chi connectivity index (χ1v) is 11.4. The van der Waals surface area contributed by atoms with E-state index in [1.54, 1.807) is 60.0 Å². The van der Waals surface area contributed by atoms with Crippen molar-refractivity contribution in [3.63, 3.8) is 0 Å². The predicted molar refractivity (Wildman–Crippen MR) is 130 cm³/mol. The molecule has 1 aliphatic rings. The van der Waals surface area contributed by atoms with E-state index < -0.39 is 23.5 Å². The van der Waals surface area contributed by atoms with Gasteiger partial charge in [-0.25, -0.2) is 0 Å². The number of phenolic OH excluding ortho intramolecular Hbond substituents is 1. The van der Waals surface area contributed by atoms with Gasteiger partial charge in [-0.2, -0.15) is 0 Å². The lowest BCUT2D eigenvalue weighted by Gasteiger charge is -2.27. The summed E-state index contributed by atoms with van der Waals surface area (Å²) in [6, 6.07) is 25.0. The van der Waals surface area contributed by atoms with Gasteiger partial charge in [-0.1, -0.05) is 48.5 Å². The molecule has 34 heavy (non-hydrogen) atoms. The van der Waals surface area contributed by atoms with E-state index in [0.29, 0.717) is 21.9 Å². The Morgan fingerprint density at radius 2 is 1.59 bits per heavy atom. The Balaban J connectivity index is 1.63. The Morgan fingerprint density at radius 1 is 0.853 bits per heavy atom. The van der Waals surface area contributed by atoms with Crippen LogP contribution in [0.25, 0.3) is 0 Å². The van der Waals surface area contributed by atoms with Gasteiger partial charge in [0.1, 0.15) is 17.2 Å². The number of aliphatic hydroxyl groups excluding tert-OH is 1. The molecule has 2 heterocycles. The van der Waals surface area contributed by atoms with Gasteiger partial charge in [0, 0.05) is 0 Å². The maximum absolute atomic E-state index is 13.4. The monoisotopic (exact) mass is 469 g/mol. The lowest BCUT2D eigenvalue weighted by Crippen LogP contribution is -2.31. The summed E-state index contributed by atoms with van der Waals surface area (Å²) in [5.41, 5.74) is 0.689. The smallest absolute Gasteiger partial charge is 0.294 e. The van der Waals surface area contributed by atoms with Gasteiger partial charge in [-0.05, 0) is 53.4 Å². The van der Waals surface area contributed by atoms with Crippen LogP contribution in [-0.4, -0.2) is 21.9 Å². The van der Waals surface area contributed by atoms with Gasteiger partial charge in [0.25, 0.3) is 5.91 Å². The highest BCUT2D eigenvalue weighted by Gasteiger charge is 2.45. The van der Waals surface area contributed by atoms with Crippen LogP contribution in [0.3, 0.4) is 0 Å². The number of anilines is 1. The maximum atomic E-state index is 13.4. The quantitative estimate of drug-likeness (QED) is 0.337. The highest BCUT2D eigenvalue weighted by atomic mass is 32.1. The summed E-state index contributed by atoms with van der Waals surface area (Å²) in [4.78, 5) is 28.3. The van der Waals surface area contributed by atoms with Crippen LogP contribution >= 0.6 is 11.3 Å². The summed E-state index contributed by atoms with van der Waals surface area (Å²) in [6.45, 7) is 0. The standard InChI is InChI=1S/C27H19NO5S/c29-21-13-5-4-12-20(21)28-24(23(26(31)27(28)32)25(30)22-14-7-15-34-22)17-8-6-11-19(16-17)33-18-9-2-1-3-10-18/h1-16,24,29,31H. The molecule has 2 N–H and O–H groups in total. The van der Waals surface area contributed by atoms with Crippen molar-refractivity contribution in [3.8, 4) is 17.2 Å². The van der Waals surface area contributed by atoms with Crippen LogP contribution in [0, 0.1) is 0 Å². The minimum Gasteiger partial charge on any atom is -0.506 e.